The Hall–Kier alpha value is -3.36. The van der Waals surface area contributed by atoms with Crippen LogP contribution in [0.25, 0.3) is 33.4 Å². The van der Waals surface area contributed by atoms with Crippen LogP contribution in [0.4, 0.5) is 5.95 Å². The molecule has 0 spiro atoms. The van der Waals surface area contributed by atoms with Crippen LogP contribution in [0.2, 0.25) is 5.02 Å². The van der Waals surface area contributed by atoms with Crippen molar-refractivity contribution in [2.45, 2.75) is 52.1 Å². The van der Waals surface area contributed by atoms with E-state index in [2.05, 4.69) is 20.5 Å². The van der Waals surface area contributed by atoms with E-state index in [1.807, 2.05) is 44.2 Å². The van der Waals surface area contributed by atoms with E-state index in [1.165, 1.54) is 0 Å². The number of nitrogens with one attached hydrogen (secondary N) is 1. The zero-order valence-corrected chi connectivity index (χ0v) is 21.3. The molecule has 0 amide bonds. The third-order valence-corrected chi connectivity index (χ3v) is 7.15. The zero-order valence-electron chi connectivity index (χ0n) is 20.5. The number of hydrogen-bond acceptors (Lipinski definition) is 7. The van der Waals surface area contributed by atoms with Gasteiger partial charge in [0, 0.05) is 52.4 Å². The van der Waals surface area contributed by atoms with Crippen LogP contribution in [-0.4, -0.2) is 37.3 Å². The van der Waals surface area contributed by atoms with Crippen molar-refractivity contribution >= 4 is 28.6 Å². The summed E-state index contributed by atoms with van der Waals surface area (Å²) in [6, 6.07) is 9.68. The van der Waals surface area contributed by atoms with Crippen LogP contribution in [-0.2, 0) is 6.54 Å². The van der Waals surface area contributed by atoms with Crippen molar-refractivity contribution in [2.75, 3.05) is 11.9 Å². The van der Waals surface area contributed by atoms with Gasteiger partial charge in [-0.25, -0.2) is 4.98 Å². The molecule has 0 atom stereocenters. The Bertz CT molecular complexity index is 1460. The number of rotatable bonds is 6. The normalized spacial score (nSPS) is 17.9. The van der Waals surface area contributed by atoms with Crippen molar-refractivity contribution in [2.24, 2.45) is 11.7 Å². The van der Waals surface area contributed by atoms with E-state index < -0.39 is 0 Å². The number of benzene rings is 1. The van der Waals surface area contributed by atoms with Crippen molar-refractivity contribution < 1.29 is 0 Å². The van der Waals surface area contributed by atoms with Crippen LogP contribution in [0.3, 0.4) is 0 Å². The molecule has 0 unspecified atom stereocenters. The van der Waals surface area contributed by atoms with E-state index in [1.54, 1.807) is 17.0 Å². The average molecular weight is 504 g/mol. The standard InChI is InChI=1S/C27H30ClN7O/c1-3-30-27-31-14-19-11-22(21-9-6-18(12-23(21)28)24-10-16(2)13-32-34-24)26(36)35(25(19)33-27)15-17-4-7-20(29)8-5-17/h6,9-14,17,20H,3-5,7-8,15,29H2,1-2H3,(H,30,31,33). The molecule has 0 saturated heterocycles. The maximum absolute atomic E-state index is 13.9. The van der Waals surface area contributed by atoms with Crippen LogP contribution >= 0.6 is 11.6 Å². The molecule has 5 rings (SSSR count). The molecule has 3 heterocycles. The van der Waals surface area contributed by atoms with Gasteiger partial charge in [0.15, 0.2) is 0 Å². The molecule has 4 aromatic rings. The number of nitrogens with two attached hydrogens (primary N) is 1. The molecule has 186 valence electrons. The van der Waals surface area contributed by atoms with Crippen molar-refractivity contribution in [1.29, 1.82) is 0 Å². The second kappa shape index (κ2) is 10.3. The molecule has 0 bridgehead atoms. The first-order valence-electron chi connectivity index (χ1n) is 12.4. The van der Waals surface area contributed by atoms with Gasteiger partial charge in [0.2, 0.25) is 5.95 Å². The lowest BCUT2D eigenvalue weighted by atomic mass is 9.86. The highest BCUT2D eigenvalue weighted by atomic mass is 35.5. The molecular formula is C27H30ClN7O. The second-order valence-corrected chi connectivity index (χ2v) is 9.98. The van der Waals surface area contributed by atoms with Crippen molar-refractivity contribution in [3.8, 4) is 22.4 Å². The molecule has 9 heteroatoms. The third kappa shape index (κ3) is 4.96. The van der Waals surface area contributed by atoms with E-state index >= 15 is 0 Å². The van der Waals surface area contributed by atoms with Crippen LogP contribution in [0.15, 0.2) is 47.5 Å². The molecule has 1 aliphatic rings. The SMILES string of the molecule is CCNc1ncc2cc(-c3ccc(-c4cc(C)cnn4)cc3Cl)c(=O)n(CC3CCC(N)CC3)c2n1. The van der Waals surface area contributed by atoms with Crippen LogP contribution in [0.5, 0.6) is 0 Å². The van der Waals surface area contributed by atoms with Gasteiger partial charge in [0.25, 0.3) is 5.56 Å². The Balaban J connectivity index is 1.61. The molecule has 3 aromatic heterocycles. The Kier molecular flexibility index (Phi) is 6.98. The minimum atomic E-state index is -0.108. The highest BCUT2D eigenvalue weighted by Crippen LogP contribution is 2.32. The molecule has 0 aliphatic heterocycles. The first-order chi connectivity index (χ1) is 17.4. The first kappa shape index (κ1) is 24.3. The lowest BCUT2D eigenvalue weighted by molar-refractivity contribution is 0.295. The van der Waals surface area contributed by atoms with Gasteiger partial charge in [-0.05, 0) is 69.2 Å². The zero-order chi connectivity index (χ0) is 25.2. The lowest BCUT2D eigenvalue weighted by Crippen LogP contribution is -2.31. The van der Waals surface area contributed by atoms with Crippen LogP contribution in [0, 0.1) is 12.8 Å². The van der Waals surface area contributed by atoms with E-state index in [0.29, 0.717) is 46.8 Å². The number of pyridine rings is 1. The van der Waals surface area contributed by atoms with Gasteiger partial charge in [-0.1, -0.05) is 23.7 Å². The molecule has 8 nitrogen and oxygen atoms in total. The Morgan fingerprint density at radius 3 is 2.64 bits per heavy atom. The smallest absolute Gasteiger partial charge is 0.260 e. The largest absolute Gasteiger partial charge is 0.354 e. The fraction of sp³-hybridized carbons (Fsp3) is 0.370. The highest BCUT2D eigenvalue weighted by Gasteiger charge is 2.22. The van der Waals surface area contributed by atoms with Crippen molar-refractivity contribution in [3.63, 3.8) is 0 Å². The number of aryl methyl sites for hydroxylation is 1. The molecule has 36 heavy (non-hydrogen) atoms. The summed E-state index contributed by atoms with van der Waals surface area (Å²) in [7, 11) is 0. The monoisotopic (exact) mass is 503 g/mol. The number of halogens is 1. The van der Waals surface area contributed by atoms with Gasteiger partial charge < -0.3 is 11.1 Å². The van der Waals surface area contributed by atoms with Crippen LogP contribution < -0.4 is 16.6 Å². The highest BCUT2D eigenvalue weighted by molar-refractivity contribution is 6.33. The average Bonchev–Trinajstić information content (AvgIpc) is 2.87. The van der Waals surface area contributed by atoms with Gasteiger partial charge in [0.1, 0.15) is 5.65 Å². The predicted molar refractivity (Wildman–Crippen MR) is 144 cm³/mol. The molecule has 1 aliphatic carbocycles. The minimum Gasteiger partial charge on any atom is -0.354 e. The molecule has 1 saturated carbocycles. The van der Waals surface area contributed by atoms with E-state index in [4.69, 9.17) is 22.3 Å². The van der Waals surface area contributed by atoms with Gasteiger partial charge >= 0.3 is 0 Å². The van der Waals surface area contributed by atoms with Gasteiger partial charge in [0.05, 0.1) is 11.9 Å². The fourth-order valence-electron chi connectivity index (χ4n) is 4.89. The van der Waals surface area contributed by atoms with Crippen molar-refractivity contribution in [3.05, 3.63) is 63.7 Å². The maximum Gasteiger partial charge on any atom is 0.260 e. The van der Waals surface area contributed by atoms with Gasteiger partial charge in [-0.15, -0.1) is 0 Å². The summed E-state index contributed by atoms with van der Waals surface area (Å²) in [6.45, 7) is 5.24. The van der Waals surface area contributed by atoms with Gasteiger partial charge in [-0.2, -0.15) is 15.2 Å². The third-order valence-electron chi connectivity index (χ3n) is 6.84. The summed E-state index contributed by atoms with van der Waals surface area (Å²) in [5, 5.41) is 12.7. The minimum absolute atomic E-state index is 0.108. The Labute approximate surface area is 215 Å². The van der Waals surface area contributed by atoms with E-state index in [0.717, 1.165) is 47.9 Å². The number of fused-ring (bicyclic) bond motifs is 1. The second-order valence-electron chi connectivity index (χ2n) is 9.57. The summed E-state index contributed by atoms with van der Waals surface area (Å²) < 4.78 is 1.80. The van der Waals surface area contributed by atoms with E-state index in [9.17, 15) is 4.79 Å². The Morgan fingerprint density at radius 2 is 1.92 bits per heavy atom. The summed E-state index contributed by atoms with van der Waals surface area (Å²) >= 11 is 6.75. The number of hydrogen-bond donors (Lipinski definition) is 2. The summed E-state index contributed by atoms with van der Waals surface area (Å²) in [5.41, 5.74) is 10.4. The summed E-state index contributed by atoms with van der Waals surface area (Å²) in [6.07, 6.45) is 7.42. The molecule has 0 radical (unpaired) electrons. The van der Waals surface area contributed by atoms with E-state index in [-0.39, 0.29) is 11.6 Å². The number of nitrogens with zero attached hydrogens (tertiary/aromatic N) is 5. The fourth-order valence-corrected chi connectivity index (χ4v) is 5.17. The molecular weight excluding hydrogens is 474 g/mol. The topological polar surface area (TPSA) is 112 Å². The molecule has 1 aromatic carbocycles. The molecule has 1 fully saturated rings. The van der Waals surface area contributed by atoms with Crippen molar-refractivity contribution in [1.82, 2.24) is 24.7 Å². The summed E-state index contributed by atoms with van der Waals surface area (Å²) in [4.78, 5) is 23.1. The molecule has 3 N–H and O–H groups in total. The van der Waals surface area contributed by atoms with Crippen LogP contribution in [0.1, 0.15) is 38.2 Å². The first-order valence-corrected chi connectivity index (χ1v) is 12.8. The quantitative estimate of drug-likeness (QED) is 0.387. The summed E-state index contributed by atoms with van der Waals surface area (Å²) in [5.74, 6) is 0.884. The Morgan fingerprint density at radius 1 is 1.11 bits per heavy atom. The maximum atomic E-state index is 13.9. The lowest BCUT2D eigenvalue weighted by Gasteiger charge is -2.27. The number of aromatic nitrogens is 5. The predicted octanol–water partition coefficient (Wildman–Crippen LogP) is 4.83. The van der Waals surface area contributed by atoms with Gasteiger partial charge in [-0.3, -0.25) is 9.36 Å². The number of anilines is 1.